The number of aromatic hydroxyl groups is 1. The first-order valence-corrected chi connectivity index (χ1v) is 11.2. The Kier molecular flexibility index (Phi) is 8.88. The second-order valence-corrected chi connectivity index (χ2v) is 7.70. The molecule has 0 atom stereocenters. The fraction of sp³-hybridized carbons (Fsp3) is 0.179. The van der Waals surface area contributed by atoms with Gasteiger partial charge in [0.25, 0.3) is 0 Å². The van der Waals surface area contributed by atoms with Crippen molar-refractivity contribution in [2.45, 2.75) is 0 Å². The molecular formula is C28H30N2O7. The molecule has 0 aliphatic carbocycles. The standard InChI is InChI=1S/C28H30N2O7/c1-33-22-14-17(13-20(29)27(22)36-4)10-12-25(32)30-26-19(7-6-8-21(26)31)11-9-18-15-23(34-2)28(37-5)24(16-18)35-3/h6-16,31H,29H2,1-5H3,(H,30,32)/b11-9?,12-10+. The van der Waals surface area contributed by atoms with Crippen molar-refractivity contribution in [2.75, 3.05) is 46.6 Å². The molecule has 0 aromatic heterocycles. The first-order valence-electron chi connectivity index (χ1n) is 11.2. The number of hydrogen-bond acceptors (Lipinski definition) is 8. The fourth-order valence-corrected chi connectivity index (χ4v) is 3.67. The van der Waals surface area contributed by atoms with Crippen LogP contribution in [0.25, 0.3) is 18.2 Å². The minimum absolute atomic E-state index is 0.0795. The number of methoxy groups -OCH3 is 5. The van der Waals surface area contributed by atoms with E-state index in [0.29, 0.717) is 45.6 Å². The van der Waals surface area contributed by atoms with E-state index in [1.165, 1.54) is 47.7 Å². The molecule has 0 aliphatic heterocycles. The second kappa shape index (κ2) is 12.3. The van der Waals surface area contributed by atoms with Crippen LogP contribution in [0.5, 0.6) is 34.5 Å². The fourth-order valence-electron chi connectivity index (χ4n) is 3.67. The SMILES string of the molecule is COc1cc(/C=C/C(=O)Nc2c(O)cccc2C=Cc2cc(OC)c(OC)c(OC)c2)cc(N)c1OC. The third kappa shape index (κ3) is 6.26. The third-order valence-electron chi connectivity index (χ3n) is 5.42. The zero-order valence-corrected chi connectivity index (χ0v) is 21.3. The van der Waals surface area contributed by atoms with Gasteiger partial charge in [-0.3, -0.25) is 4.79 Å². The molecule has 3 aromatic rings. The minimum atomic E-state index is -0.447. The van der Waals surface area contributed by atoms with Gasteiger partial charge in [0.05, 0.1) is 46.9 Å². The lowest BCUT2D eigenvalue weighted by Crippen LogP contribution is -2.09. The molecular weight excluding hydrogens is 476 g/mol. The van der Waals surface area contributed by atoms with Crippen molar-refractivity contribution in [3.05, 3.63) is 65.2 Å². The summed E-state index contributed by atoms with van der Waals surface area (Å²) >= 11 is 0. The summed E-state index contributed by atoms with van der Waals surface area (Å²) in [6.07, 6.45) is 6.48. The molecule has 3 aromatic carbocycles. The number of nitrogens with one attached hydrogen (secondary N) is 1. The van der Waals surface area contributed by atoms with E-state index in [1.54, 1.807) is 54.6 Å². The molecule has 0 saturated carbocycles. The van der Waals surface area contributed by atoms with E-state index in [-0.39, 0.29) is 11.4 Å². The number of rotatable bonds is 10. The van der Waals surface area contributed by atoms with Crippen LogP contribution in [0.2, 0.25) is 0 Å². The maximum atomic E-state index is 12.7. The first-order chi connectivity index (χ1) is 17.8. The summed E-state index contributed by atoms with van der Waals surface area (Å²) in [4.78, 5) is 12.7. The van der Waals surface area contributed by atoms with E-state index >= 15 is 0 Å². The molecule has 0 aliphatic rings. The zero-order valence-electron chi connectivity index (χ0n) is 21.3. The number of ether oxygens (including phenoxy) is 5. The van der Waals surface area contributed by atoms with Gasteiger partial charge in [0, 0.05) is 11.6 Å². The highest BCUT2D eigenvalue weighted by Crippen LogP contribution is 2.39. The predicted octanol–water partition coefficient (Wildman–Crippen LogP) is 4.84. The Morgan fingerprint density at radius 2 is 1.35 bits per heavy atom. The number of hydrogen-bond donors (Lipinski definition) is 3. The highest BCUT2D eigenvalue weighted by atomic mass is 16.5. The Hall–Kier alpha value is -4.79. The van der Waals surface area contributed by atoms with Gasteiger partial charge < -0.3 is 39.8 Å². The van der Waals surface area contributed by atoms with Crippen LogP contribution in [-0.4, -0.2) is 46.6 Å². The Labute approximate surface area is 215 Å². The van der Waals surface area contributed by atoms with Gasteiger partial charge in [-0.1, -0.05) is 24.3 Å². The molecule has 0 radical (unpaired) electrons. The lowest BCUT2D eigenvalue weighted by atomic mass is 10.1. The number of benzene rings is 3. The molecule has 0 unspecified atom stereocenters. The van der Waals surface area contributed by atoms with E-state index in [0.717, 1.165) is 5.56 Å². The summed E-state index contributed by atoms with van der Waals surface area (Å²) in [5, 5.41) is 13.2. The summed E-state index contributed by atoms with van der Waals surface area (Å²) < 4.78 is 26.7. The Morgan fingerprint density at radius 1 is 0.784 bits per heavy atom. The van der Waals surface area contributed by atoms with Crippen molar-refractivity contribution >= 4 is 35.5 Å². The number of phenolic OH excluding ortho intramolecular Hbond substituents is 1. The van der Waals surface area contributed by atoms with Crippen LogP contribution in [0.15, 0.2) is 48.5 Å². The van der Waals surface area contributed by atoms with E-state index in [4.69, 9.17) is 29.4 Å². The summed E-state index contributed by atoms with van der Waals surface area (Å²) in [6.45, 7) is 0. The molecule has 194 valence electrons. The van der Waals surface area contributed by atoms with Crippen LogP contribution in [0.3, 0.4) is 0 Å². The van der Waals surface area contributed by atoms with Gasteiger partial charge in [-0.25, -0.2) is 0 Å². The molecule has 9 heteroatoms. The molecule has 37 heavy (non-hydrogen) atoms. The van der Waals surface area contributed by atoms with Crippen molar-refractivity contribution in [3.8, 4) is 34.5 Å². The minimum Gasteiger partial charge on any atom is -0.506 e. The van der Waals surface area contributed by atoms with Gasteiger partial charge >= 0.3 is 0 Å². The molecule has 9 nitrogen and oxygen atoms in total. The van der Waals surface area contributed by atoms with Crippen LogP contribution in [0.4, 0.5) is 11.4 Å². The topological polar surface area (TPSA) is 122 Å². The van der Waals surface area contributed by atoms with Crippen LogP contribution < -0.4 is 34.7 Å². The van der Waals surface area contributed by atoms with Crippen molar-refractivity contribution < 1.29 is 33.6 Å². The molecule has 0 fully saturated rings. The third-order valence-corrected chi connectivity index (χ3v) is 5.42. The molecule has 0 bridgehead atoms. The molecule has 0 saturated heterocycles. The zero-order chi connectivity index (χ0) is 26.9. The average Bonchev–Trinajstić information content (AvgIpc) is 2.91. The van der Waals surface area contributed by atoms with Gasteiger partial charge in [0.2, 0.25) is 11.7 Å². The van der Waals surface area contributed by atoms with Gasteiger partial charge in [-0.05, 0) is 47.5 Å². The summed E-state index contributed by atoms with van der Waals surface area (Å²) in [5.41, 5.74) is 8.64. The highest BCUT2D eigenvalue weighted by Gasteiger charge is 2.13. The van der Waals surface area contributed by atoms with Gasteiger partial charge in [0.1, 0.15) is 5.75 Å². The number of anilines is 2. The van der Waals surface area contributed by atoms with Crippen molar-refractivity contribution in [1.29, 1.82) is 0 Å². The van der Waals surface area contributed by atoms with Gasteiger partial charge in [-0.2, -0.15) is 0 Å². The quantitative estimate of drug-likeness (QED) is 0.155. The Morgan fingerprint density at radius 3 is 1.92 bits per heavy atom. The van der Waals surface area contributed by atoms with Crippen LogP contribution >= 0.6 is 0 Å². The van der Waals surface area contributed by atoms with Gasteiger partial charge in [-0.15, -0.1) is 0 Å². The van der Waals surface area contributed by atoms with Crippen molar-refractivity contribution in [2.24, 2.45) is 0 Å². The molecule has 1 amide bonds. The number of carbonyl (C=O) groups is 1. The number of para-hydroxylation sites is 1. The lowest BCUT2D eigenvalue weighted by molar-refractivity contribution is -0.111. The maximum absolute atomic E-state index is 12.7. The van der Waals surface area contributed by atoms with Crippen LogP contribution in [0.1, 0.15) is 16.7 Å². The largest absolute Gasteiger partial charge is 0.506 e. The number of nitrogen functional groups attached to an aromatic ring is 1. The summed E-state index contributed by atoms with van der Waals surface area (Å²) in [5.74, 6) is 1.83. The summed E-state index contributed by atoms with van der Waals surface area (Å²) in [6, 6.07) is 11.9. The second-order valence-electron chi connectivity index (χ2n) is 7.70. The highest BCUT2D eigenvalue weighted by molar-refractivity contribution is 6.04. The Bertz CT molecular complexity index is 1310. The number of nitrogens with two attached hydrogens (primary N) is 1. The van der Waals surface area contributed by atoms with Crippen LogP contribution in [0, 0.1) is 0 Å². The van der Waals surface area contributed by atoms with Gasteiger partial charge in [0.15, 0.2) is 23.0 Å². The monoisotopic (exact) mass is 506 g/mol. The number of phenols is 1. The molecule has 4 N–H and O–H groups in total. The Balaban J connectivity index is 1.85. The number of amides is 1. The molecule has 3 rings (SSSR count). The summed E-state index contributed by atoms with van der Waals surface area (Å²) in [7, 11) is 7.61. The van der Waals surface area contributed by atoms with E-state index in [2.05, 4.69) is 5.32 Å². The first kappa shape index (κ1) is 26.8. The lowest BCUT2D eigenvalue weighted by Gasteiger charge is -2.13. The molecule has 0 heterocycles. The van der Waals surface area contributed by atoms with Crippen molar-refractivity contribution in [1.82, 2.24) is 0 Å². The van der Waals surface area contributed by atoms with E-state index in [9.17, 15) is 9.90 Å². The van der Waals surface area contributed by atoms with Crippen LogP contribution in [-0.2, 0) is 4.79 Å². The predicted molar refractivity (Wildman–Crippen MR) is 145 cm³/mol. The smallest absolute Gasteiger partial charge is 0.248 e. The number of carbonyl (C=O) groups excluding carboxylic acids is 1. The average molecular weight is 507 g/mol. The van der Waals surface area contributed by atoms with E-state index in [1.807, 2.05) is 0 Å². The van der Waals surface area contributed by atoms with E-state index < -0.39 is 5.91 Å². The normalized spacial score (nSPS) is 10.9. The maximum Gasteiger partial charge on any atom is 0.248 e. The molecule has 0 spiro atoms. The van der Waals surface area contributed by atoms with Crippen molar-refractivity contribution in [3.63, 3.8) is 0 Å².